The van der Waals surface area contributed by atoms with Gasteiger partial charge in [-0.25, -0.2) is 4.39 Å². The van der Waals surface area contributed by atoms with Crippen LogP contribution in [0.5, 0.6) is 11.5 Å². The third-order valence-electron chi connectivity index (χ3n) is 1.39. The molecule has 1 aromatic rings. The quantitative estimate of drug-likeness (QED) is 0.413. The molecule has 0 aliphatic carbocycles. The first-order chi connectivity index (χ1) is 6.15. The lowest BCUT2D eigenvalue weighted by molar-refractivity contribution is 0.215. The third kappa shape index (κ3) is 2.08. The van der Waals surface area contributed by atoms with E-state index in [0.717, 1.165) is 18.3 Å². The molecule has 2 N–H and O–H groups in total. The Morgan fingerprint density at radius 3 is 2.62 bits per heavy atom. The van der Waals surface area contributed by atoms with Gasteiger partial charge < -0.3 is 15.1 Å². The lowest BCUT2D eigenvalue weighted by Gasteiger charge is -1.99. The summed E-state index contributed by atoms with van der Waals surface area (Å²) in [5.74, 6) is -1.60. The molecule has 0 saturated heterocycles. The molecular weight excluding hydrogens is 177 g/mol. The third-order valence-corrected chi connectivity index (χ3v) is 1.39. The summed E-state index contributed by atoms with van der Waals surface area (Å²) < 4.78 is 12.9. The average Bonchev–Trinajstić information content (AvgIpc) is 2.09. The minimum absolute atomic E-state index is 0.0390. The van der Waals surface area contributed by atoms with Crippen molar-refractivity contribution in [1.82, 2.24) is 0 Å². The number of aromatic hydroxyl groups is 2. The molecule has 0 spiro atoms. The number of nitrogens with zero attached hydrogens (tertiary/aromatic N) is 1. The van der Waals surface area contributed by atoms with Crippen molar-refractivity contribution in [3.05, 3.63) is 23.5 Å². The van der Waals surface area contributed by atoms with Gasteiger partial charge in [-0.05, 0) is 6.07 Å². The number of oxime groups is 1. The monoisotopic (exact) mass is 185 g/mol. The predicted octanol–water partition coefficient (Wildman–Crippen LogP) is 1.22. The van der Waals surface area contributed by atoms with Crippen molar-refractivity contribution in [3.8, 4) is 11.5 Å². The van der Waals surface area contributed by atoms with Gasteiger partial charge in [0.2, 0.25) is 0 Å². The van der Waals surface area contributed by atoms with E-state index in [2.05, 4.69) is 9.99 Å². The highest BCUT2D eigenvalue weighted by Crippen LogP contribution is 2.26. The lowest BCUT2D eigenvalue weighted by atomic mass is 10.2. The molecule has 0 aliphatic heterocycles. The zero-order chi connectivity index (χ0) is 9.84. The second kappa shape index (κ2) is 3.75. The van der Waals surface area contributed by atoms with Crippen LogP contribution in [0, 0.1) is 5.82 Å². The van der Waals surface area contributed by atoms with E-state index in [0.29, 0.717) is 0 Å². The molecule has 13 heavy (non-hydrogen) atoms. The standard InChI is InChI=1S/C8H8FNO3/c1-13-10-4-5-2-7(11)8(12)3-6(5)9/h2-4,11-12H,1H3/b10-4+. The first-order valence-electron chi connectivity index (χ1n) is 3.43. The number of halogens is 1. The molecule has 0 bridgehead atoms. The summed E-state index contributed by atoms with van der Waals surface area (Å²) in [6.45, 7) is 0. The van der Waals surface area contributed by atoms with Gasteiger partial charge in [-0.2, -0.15) is 0 Å². The van der Waals surface area contributed by atoms with Crippen LogP contribution in [-0.4, -0.2) is 23.5 Å². The topological polar surface area (TPSA) is 62.0 Å². The van der Waals surface area contributed by atoms with Crippen LogP contribution >= 0.6 is 0 Å². The molecular formula is C8H8FNO3. The minimum Gasteiger partial charge on any atom is -0.504 e. The van der Waals surface area contributed by atoms with Gasteiger partial charge in [0.1, 0.15) is 12.9 Å². The van der Waals surface area contributed by atoms with Gasteiger partial charge in [0.25, 0.3) is 0 Å². The highest BCUT2D eigenvalue weighted by atomic mass is 19.1. The Hall–Kier alpha value is -1.78. The van der Waals surface area contributed by atoms with Gasteiger partial charge in [0.15, 0.2) is 11.5 Å². The molecule has 1 rings (SSSR count). The van der Waals surface area contributed by atoms with Crippen LogP contribution in [-0.2, 0) is 4.84 Å². The second-order valence-corrected chi connectivity index (χ2v) is 2.28. The number of benzene rings is 1. The summed E-state index contributed by atoms with van der Waals surface area (Å²) in [6, 6.07) is 1.85. The molecule has 0 radical (unpaired) electrons. The SMILES string of the molecule is CO/N=C/c1cc(O)c(O)cc1F. The zero-order valence-electron chi connectivity index (χ0n) is 6.86. The molecule has 0 unspecified atom stereocenters. The summed E-state index contributed by atoms with van der Waals surface area (Å²) in [6.07, 6.45) is 1.09. The summed E-state index contributed by atoms with van der Waals surface area (Å²) in [7, 11) is 1.31. The van der Waals surface area contributed by atoms with Gasteiger partial charge in [0, 0.05) is 11.6 Å². The first kappa shape index (κ1) is 9.31. The fourth-order valence-electron chi connectivity index (χ4n) is 0.776. The highest BCUT2D eigenvalue weighted by molar-refractivity contribution is 5.80. The molecule has 0 saturated carbocycles. The first-order valence-corrected chi connectivity index (χ1v) is 3.43. The summed E-state index contributed by atoms with van der Waals surface area (Å²) >= 11 is 0. The average molecular weight is 185 g/mol. The smallest absolute Gasteiger partial charge is 0.160 e. The van der Waals surface area contributed by atoms with Crippen LogP contribution in [0.3, 0.4) is 0 Å². The van der Waals surface area contributed by atoms with Crippen molar-refractivity contribution in [2.24, 2.45) is 5.16 Å². The molecule has 0 amide bonds. The number of phenols is 2. The summed E-state index contributed by atoms with van der Waals surface area (Å²) in [5.41, 5.74) is 0.0390. The van der Waals surface area contributed by atoms with E-state index in [1.165, 1.54) is 7.11 Å². The minimum atomic E-state index is -0.684. The maximum atomic E-state index is 12.9. The van der Waals surface area contributed by atoms with Gasteiger partial charge >= 0.3 is 0 Å². The van der Waals surface area contributed by atoms with Crippen molar-refractivity contribution in [1.29, 1.82) is 0 Å². The Morgan fingerprint density at radius 1 is 1.38 bits per heavy atom. The molecule has 0 heterocycles. The van der Waals surface area contributed by atoms with Crippen molar-refractivity contribution < 1.29 is 19.4 Å². The molecule has 4 nitrogen and oxygen atoms in total. The highest BCUT2D eigenvalue weighted by Gasteiger charge is 2.06. The van der Waals surface area contributed by atoms with Gasteiger partial charge in [-0.3, -0.25) is 0 Å². The Kier molecular flexibility index (Phi) is 2.69. The number of hydrogen-bond acceptors (Lipinski definition) is 4. The maximum Gasteiger partial charge on any atom is 0.160 e. The van der Waals surface area contributed by atoms with Crippen LogP contribution in [0.15, 0.2) is 17.3 Å². The van der Waals surface area contributed by atoms with Crippen molar-refractivity contribution >= 4 is 6.21 Å². The van der Waals surface area contributed by atoms with E-state index in [4.69, 9.17) is 10.2 Å². The molecule has 0 fully saturated rings. The van der Waals surface area contributed by atoms with E-state index < -0.39 is 17.3 Å². The van der Waals surface area contributed by atoms with Gasteiger partial charge in [-0.1, -0.05) is 5.16 Å². The second-order valence-electron chi connectivity index (χ2n) is 2.28. The number of phenolic OH excluding ortho intramolecular Hbond substituents is 2. The molecule has 5 heteroatoms. The fraction of sp³-hybridized carbons (Fsp3) is 0.125. The van der Waals surface area contributed by atoms with E-state index in [-0.39, 0.29) is 5.56 Å². The Bertz CT molecular complexity index is 338. The Labute approximate surface area is 73.9 Å². The summed E-state index contributed by atoms with van der Waals surface area (Å²) in [5, 5.41) is 21.2. The largest absolute Gasteiger partial charge is 0.504 e. The number of hydrogen-bond donors (Lipinski definition) is 2. The van der Waals surface area contributed by atoms with Crippen LogP contribution in [0.2, 0.25) is 0 Å². The lowest BCUT2D eigenvalue weighted by Crippen LogP contribution is -1.88. The van der Waals surface area contributed by atoms with Crippen LogP contribution in [0.25, 0.3) is 0 Å². The van der Waals surface area contributed by atoms with E-state index in [1.807, 2.05) is 0 Å². The van der Waals surface area contributed by atoms with Gasteiger partial charge in [-0.15, -0.1) is 0 Å². The van der Waals surface area contributed by atoms with E-state index in [1.54, 1.807) is 0 Å². The Balaban J connectivity index is 3.08. The van der Waals surface area contributed by atoms with E-state index in [9.17, 15) is 4.39 Å². The van der Waals surface area contributed by atoms with Crippen LogP contribution < -0.4 is 0 Å². The molecule has 0 aromatic heterocycles. The number of rotatable bonds is 2. The van der Waals surface area contributed by atoms with Crippen molar-refractivity contribution in [2.45, 2.75) is 0 Å². The van der Waals surface area contributed by atoms with Crippen LogP contribution in [0.1, 0.15) is 5.56 Å². The normalized spacial score (nSPS) is 10.6. The fourth-order valence-corrected chi connectivity index (χ4v) is 0.776. The molecule has 0 atom stereocenters. The van der Waals surface area contributed by atoms with Crippen LogP contribution in [0.4, 0.5) is 4.39 Å². The zero-order valence-corrected chi connectivity index (χ0v) is 6.86. The molecule has 0 aliphatic rings. The Morgan fingerprint density at radius 2 is 2.00 bits per heavy atom. The predicted molar refractivity (Wildman–Crippen MR) is 44.3 cm³/mol. The molecule has 1 aromatic carbocycles. The van der Waals surface area contributed by atoms with Gasteiger partial charge in [0.05, 0.1) is 6.21 Å². The van der Waals surface area contributed by atoms with E-state index >= 15 is 0 Å². The summed E-state index contributed by atoms with van der Waals surface area (Å²) in [4.78, 5) is 4.33. The molecule has 70 valence electrons. The maximum absolute atomic E-state index is 12.9. The van der Waals surface area contributed by atoms with Crippen molar-refractivity contribution in [2.75, 3.05) is 7.11 Å². The van der Waals surface area contributed by atoms with Crippen molar-refractivity contribution in [3.63, 3.8) is 0 Å².